The molecule has 126 valence electrons. The molecule has 0 saturated heterocycles. The second kappa shape index (κ2) is 6.32. The Morgan fingerprint density at radius 1 is 1.28 bits per heavy atom. The summed E-state index contributed by atoms with van der Waals surface area (Å²) in [4.78, 5) is 19.9. The van der Waals surface area contributed by atoms with Crippen LogP contribution in [0.15, 0.2) is 53.1 Å². The van der Waals surface area contributed by atoms with Gasteiger partial charge in [0.15, 0.2) is 0 Å². The number of hydrogen-bond donors (Lipinski definition) is 2. The van der Waals surface area contributed by atoms with Crippen LogP contribution in [0.1, 0.15) is 11.4 Å². The van der Waals surface area contributed by atoms with Crippen LogP contribution in [0.25, 0.3) is 22.0 Å². The van der Waals surface area contributed by atoms with Gasteiger partial charge in [0.2, 0.25) is 5.91 Å². The molecule has 6 heteroatoms. The summed E-state index contributed by atoms with van der Waals surface area (Å²) in [6.07, 6.45) is 1.87. The van der Waals surface area contributed by atoms with Crippen molar-refractivity contribution in [2.45, 2.75) is 13.0 Å². The van der Waals surface area contributed by atoms with Crippen LogP contribution < -0.4 is 10.1 Å². The van der Waals surface area contributed by atoms with Gasteiger partial charge in [-0.05, 0) is 24.3 Å². The number of furan rings is 1. The van der Waals surface area contributed by atoms with E-state index in [1.807, 2.05) is 42.5 Å². The van der Waals surface area contributed by atoms with E-state index in [1.54, 1.807) is 13.4 Å². The Hall–Kier alpha value is -3.28. The number of aromatic nitrogens is 2. The number of rotatable bonds is 5. The monoisotopic (exact) mass is 335 g/mol. The summed E-state index contributed by atoms with van der Waals surface area (Å²) in [6.45, 7) is 0.358. The van der Waals surface area contributed by atoms with Crippen molar-refractivity contribution in [1.29, 1.82) is 0 Å². The van der Waals surface area contributed by atoms with E-state index < -0.39 is 0 Å². The van der Waals surface area contributed by atoms with Crippen molar-refractivity contribution >= 4 is 27.9 Å². The fourth-order valence-electron chi connectivity index (χ4n) is 2.83. The Bertz CT molecular complexity index is 1020. The number of hydrogen-bond acceptors (Lipinski definition) is 4. The molecule has 2 heterocycles. The molecule has 0 radical (unpaired) electrons. The minimum absolute atomic E-state index is 0.0843. The molecule has 0 spiro atoms. The highest BCUT2D eigenvalue weighted by atomic mass is 16.5. The van der Waals surface area contributed by atoms with Gasteiger partial charge in [0.05, 0.1) is 37.4 Å². The van der Waals surface area contributed by atoms with Crippen molar-refractivity contribution < 1.29 is 13.9 Å². The minimum Gasteiger partial charge on any atom is -0.497 e. The van der Waals surface area contributed by atoms with Crippen molar-refractivity contribution in [3.05, 3.63) is 60.1 Å². The van der Waals surface area contributed by atoms with Crippen molar-refractivity contribution in [1.82, 2.24) is 15.3 Å². The number of nitrogens with zero attached hydrogens (tertiary/aromatic N) is 1. The van der Waals surface area contributed by atoms with E-state index in [2.05, 4.69) is 15.3 Å². The first kappa shape index (κ1) is 15.3. The number of benzene rings is 2. The van der Waals surface area contributed by atoms with E-state index in [0.29, 0.717) is 12.1 Å². The molecule has 0 aliphatic carbocycles. The predicted octanol–water partition coefficient (Wildman–Crippen LogP) is 3.18. The van der Waals surface area contributed by atoms with E-state index in [9.17, 15) is 4.79 Å². The normalized spacial score (nSPS) is 11.1. The number of nitrogens with one attached hydrogen (secondary N) is 2. The van der Waals surface area contributed by atoms with E-state index in [4.69, 9.17) is 9.15 Å². The SMILES string of the molecule is COc1ccc2c(CC(=O)NCc3nc4ccccc4[nH]3)coc2c1. The zero-order chi connectivity index (χ0) is 17.2. The first-order chi connectivity index (χ1) is 12.2. The third-order valence-corrected chi connectivity index (χ3v) is 4.11. The maximum atomic E-state index is 12.2. The number of carbonyl (C=O) groups is 1. The summed E-state index contributed by atoms with van der Waals surface area (Å²) in [5.74, 6) is 1.37. The lowest BCUT2D eigenvalue weighted by atomic mass is 10.1. The molecular formula is C19H17N3O3. The molecular weight excluding hydrogens is 318 g/mol. The lowest BCUT2D eigenvalue weighted by molar-refractivity contribution is -0.120. The summed E-state index contributed by atoms with van der Waals surface area (Å²) in [5.41, 5.74) is 3.40. The van der Waals surface area contributed by atoms with Crippen molar-refractivity contribution in [2.75, 3.05) is 7.11 Å². The zero-order valence-electron chi connectivity index (χ0n) is 13.7. The Morgan fingerprint density at radius 2 is 2.16 bits per heavy atom. The molecule has 0 aliphatic heterocycles. The van der Waals surface area contributed by atoms with Gasteiger partial charge in [0, 0.05) is 17.0 Å². The largest absolute Gasteiger partial charge is 0.497 e. The summed E-state index contributed by atoms with van der Waals surface area (Å²) in [7, 11) is 1.61. The van der Waals surface area contributed by atoms with Crippen LogP contribution in [0, 0.1) is 0 Å². The lowest BCUT2D eigenvalue weighted by Crippen LogP contribution is -2.25. The van der Waals surface area contributed by atoms with Gasteiger partial charge in [0.1, 0.15) is 17.2 Å². The van der Waals surface area contributed by atoms with Crippen molar-refractivity contribution in [3.63, 3.8) is 0 Å². The van der Waals surface area contributed by atoms with Crippen LogP contribution in [-0.2, 0) is 17.8 Å². The van der Waals surface area contributed by atoms with E-state index in [-0.39, 0.29) is 12.3 Å². The van der Waals surface area contributed by atoms with Crippen LogP contribution in [0.2, 0.25) is 0 Å². The molecule has 25 heavy (non-hydrogen) atoms. The van der Waals surface area contributed by atoms with Crippen molar-refractivity contribution in [2.24, 2.45) is 0 Å². The molecule has 0 atom stereocenters. The average Bonchev–Trinajstić information content (AvgIpc) is 3.23. The lowest BCUT2D eigenvalue weighted by Gasteiger charge is -2.02. The van der Waals surface area contributed by atoms with Gasteiger partial charge in [-0.1, -0.05) is 12.1 Å². The predicted molar refractivity (Wildman–Crippen MR) is 94.4 cm³/mol. The average molecular weight is 335 g/mol. The number of amides is 1. The number of methoxy groups -OCH3 is 1. The van der Waals surface area contributed by atoms with Crippen LogP contribution in [0.4, 0.5) is 0 Å². The molecule has 1 amide bonds. The first-order valence-electron chi connectivity index (χ1n) is 7.97. The molecule has 4 rings (SSSR count). The topological polar surface area (TPSA) is 80.1 Å². The van der Waals surface area contributed by atoms with Gasteiger partial charge in [-0.3, -0.25) is 4.79 Å². The fourth-order valence-corrected chi connectivity index (χ4v) is 2.83. The zero-order valence-corrected chi connectivity index (χ0v) is 13.7. The molecule has 0 saturated carbocycles. The number of para-hydroxylation sites is 2. The van der Waals surface area contributed by atoms with Crippen LogP contribution in [0.3, 0.4) is 0 Å². The number of carbonyl (C=O) groups excluding carboxylic acids is 1. The summed E-state index contributed by atoms with van der Waals surface area (Å²) < 4.78 is 10.7. The van der Waals surface area contributed by atoms with Crippen LogP contribution in [-0.4, -0.2) is 23.0 Å². The molecule has 0 unspecified atom stereocenters. The number of ether oxygens (including phenoxy) is 1. The highest BCUT2D eigenvalue weighted by Crippen LogP contribution is 2.25. The molecule has 0 bridgehead atoms. The van der Waals surface area contributed by atoms with Gasteiger partial charge < -0.3 is 19.5 Å². The van der Waals surface area contributed by atoms with Crippen LogP contribution >= 0.6 is 0 Å². The van der Waals surface area contributed by atoms with E-state index in [0.717, 1.165) is 33.6 Å². The van der Waals surface area contributed by atoms with Gasteiger partial charge in [0.25, 0.3) is 0 Å². The third-order valence-electron chi connectivity index (χ3n) is 4.11. The second-order valence-corrected chi connectivity index (χ2v) is 5.78. The Kier molecular flexibility index (Phi) is 3.85. The van der Waals surface area contributed by atoms with Gasteiger partial charge in [-0.25, -0.2) is 4.98 Å². The molecule has 0 aliphatic rings. The molecule has 2 aromatic heterocycles. The number of imidazole rings is 1. The molecule has 4 aromatic rings. The minimum atomic E-state index is -0.0843. The maximum absolute atomic E-state index is 12.2. The number of aromatic amines is 1. The smallest absolute Gasteiger partial charge is 0.224 e. The fraction of sp³-hybridized carbons (Fsp3) is 0.158. The Balaban J connectivity index is 1.43. The molecule has 6 nitrogen and oxygen atoms in total. The summed E-state index contributed by atoms with van der Waals surface area (Å²) in [5, 5.41) is 3.80. The van der Waals surface area contributed by atoms with E-state index >= 15 is 0 Å². The van der Waals surface area contributed by atoms with E-state index in [1.165, 1.54) is 0 Å². The molecule has 0 fully saturated rings. The van der Waals surface area contributed by atoms with Crippen LogP contribution in [0.5, 0.6) is 5.75 Å². The van der Waals surface area contributed by atoms with Gasteiger partial charge in [-0.15, -0.1) is 0 Å². The maximum Gasteiger partial charge on any atom is 0.224 e. The third kappa shape index (κ3) is 3.06. The van der Waals surface area contributed by atoms with Gasteiger partial charge >= 0.3 is 0 Å². The summed E-state index contributed by atoms with van der Waals surface area (Å²) >= 11 is 0. The first-order valence-corrected chi connectivity index (χ1v) is 7.97. The number of H-pyrrole nitrogens is 1. The van der Waals surface area contributed by atoms with Crippen molar-refractivity contribution in [3.8, 4) is 5.75 Å². The summed E-state index contributed by atoms with van der Waals surface area (Å²) in [6, 6.07) is 13.3. The second-order valence-electron chi connectivity index (χ2n) is 5.78. The number of fused-ring (bicyclic) bond motifs is 2. The Labute approximate surface area is 143 Å². The molecule has 2 aromatic carbocycles. The molecule has 2 N–H and O–H groups in total. The highest BCUT2D eigenvalue weighted by molar-refractivity contribution is 5.88. The standard InChI is InChI=1S/C19H17N3O3/c1-24-13-6-7-14-12(11-25-17(14)9-13)8-19(23)20-10-18-21-15-4-2-3-5-16(15)22-18/h2-7,9,11H,8,10H2,1H3,(H,20,23)(H,21,22). The highest BCUT2D eigenvalue weighted by Gasteiger charge is 2.12. The van der Waals surface area contributed by atoms with Gasteiger partial charge in [-0.2, -0.15) is 0 Å². The quantitative estimate of drug-likeness (QED) is 0.587. The Morgan fingerprint density at radius 3 is 3.00 bits per heavy atom.